The van der Waals surface area contributed by atoms with E-state index in [2.05, 4.69) is 15.9 Å². The van der Waals surface area contributed by atoms with Gasteiger partial charge in [-0.2, -0.15) is 0 Å². The molecule has 0 bridgehead atoms. The van der Waals surface area contributed by atoms with Crippen LogP contribution in [0.4, 0.5) is 5.69 Å². The van der Waals surface area contributed by atoms with E-state index in [0.29, 0.717) is 12.0 Å². The van der Waals surface area contributed by atoms with Crippen molar-refractivity contribution in [2.75, 3.05) is 14.1 Å². The summed E-state index contributed by atoms with van der Waals surface area (Å²) in [5, 5.41) is 10.8. The van der Waals surface area contributed by atoms with E-state index < -0.39 is 0 Å². The highest BCUT2D eigenvalue weighted by Gasteiger charge is 2.12. The number of allylic oxidation sites excluding steroid dienone is 1. The molecule has 0 atom stereocenters. The fourth-order valence-corrected chi connectivity index (χ4v) is 1.62. The molecule has 0 fully saturated rings. The molecule has 1 aromatic rings. The zero-order valence-electron chi connectivity index (χ0n) is 9.18. The summed E-state index contributed by atoms with van der Waals surface area (Å²) in [6.07, 6.45) is 4.34. The van der Waals surface area contributed by atoms with Crippen molar-refractivity contribution in [2.45, 2.75) is 6.42 Å². The molecule has 0 saturated carbocycles. The molecule has 0 unspecified atom stereocenters. The quantitative estimate of drug-likeness (QED) is 0.631. The van der Waals surface area contributed by atoms with Crippen molar-refractivity contribution in [3.63, 3.8) is 0 Å². The molecule has 0 N–H and O–H groups in total. The lowest BCUT2D eigenvalue weighted by Crippen LogP contribution is -2.01. The van der Waals surface area contributed by atoms with Crippen LogP contribution in [0.1, 0.15) is 5.56 Å². The second kappa shape index (κ2) is 5.65. The Balaban J connectivity index is 2.91. The van der Waals surface area contributed by atoms with Crippen molar-refractivity contribution in [3.05, 3.63) is 50.6 Å². The van der Waals surface area contributed by atoms with Crippen molar-refractivity contribution in [1.29, 1.82) is 0 Å². The van der Waals surface area contributed by atoms with E-state index >= 15 is 0 Å². The topological polar surface area (TPSA) is 46.4 Å². The van der Waals surface area contributed by atoms with E-state index in [9.17, 15) is 10.1 Å². The predicted octanol–water partition coefficient (Wildman–Crippen LogP) is 2.98. The van der Waals surface area contributed by atoms with E-state index in [1.54, 1.807) is 6.07 Å². The van der Waals surface area contributed by atoms with Gasteiger partial charge in [0, 0.05) is 30.2 Å². The van der Waals surface area contributed by atoms with Crippen LogP contribution >= 0.6 is 15.9 Å². The molecular weight excluding hydrogens is 272 g/mol. The second-order valence-electron chi connectivity index (χ2n) is 3.58. The Morgan fingerprint density at radius 3 is 2.75 bits per heavy atom. The SMILES string of the molecule is CN(C)/C=C/Cc1ccc(Br)cc1[N+](=O)[O-]. The third-order valence-electron chi connectivity index (χ3n) is 1.99. The summed E-state index contributed by atoms with van der Waals surface area (Å²) >= 11 is 3.23. The number of nitro groups is 1. The molecule has 0 amide bonds. The van der Waals surface area contributed by atoms with Crippen LogP contribution in [0, 0.1) is 10.1 Å². The summed E-state index contributed by atoms with van der Waals surface area (Å²) in [6.45, 7) is 0. The maximum atomic E-state index is 10.8. The van der Waals surface area contributed by atoms with Crippen molar-refractivity contribution < 1.29 is 4.92 Å². The zero-order chi connectivity index (χ0) is 12.1. The van der Waals surface area contributed by atoms with Gasteiger partial charge in [-0.05, 0) is 18.7 Å². The molecule has 0 spiro atoms. The Bertz CT molecular complexity index is 416. The number of nitro benzene ring substituents is 1. The first-order chi connectivity index (χ1) is 7.50. The largest absolute Gasteiger partial charge is 0.384 e. The standard InChI is InChI=1S/C11H13BrN2O2/c1-13(2)7-3-4-9-5-6-10(12)8-11(9)14(15)16/h3,5-8H,4H2,1-2H3/b7-3+. The van der Waals surface area contributed by atoms with Gasteiger partial charge in [0.25, 0.3) is 5.69 Å². The molecule has 1 aromatic carbocycles. The number of nitrogens with zero attached hydrogens (tertiary/aromatic N) is 2. The average molecular weight is 285 g/mol. The van der Waals surface area contributed by atoms with Crippen molar-refractivity contribution in [3.8, 4) is 0 Å². The average Bonchev–Trinajstić information content (AvgIpc) is 2.19. The number of rotatable bonds is 4. The minimum atomic E-state index is -0.358. The van der Waals surface area contributed by atoms with Crippen LogP contribution < -0.4 is 0 Å². The highest BCUT2D eigenvalue weighted by Crippen LogP contribution is 2.24. The monoisotopic (exact) mass is 284 g/mol. The number of hydrogen-bond acceptors (Lipinski definition) is 3. The van der Waals surface area contributed by atoms with Gasteiger partial charge in [-0.3, -0.25) is 10.1 Å². The second-order valence-corrected chi connectivity index (χ2v) is 4.50. The Labute approximate surface area is 103 Å². The van der Waals surface area contributed by atoms with Crippen molar-refractivity contribution in [1.82, 2.24) is 4.90 Å². The van der Waals surface area contributed by atoms with E-state index in [1.165, 1.54) is 6.07 Å². The van der Waals surface area contributed by atoms with Crippen LogP contribution in [0.25, 0.3) is 0 Å². The summed E-state index contributed by atoms with van der Waals surface area (Å²) in [4.78, 5) is 12.4. The molecule has 0 radical (unpaired) electrons. The molecule has 4 nitrogen and oxygen atoms in total. The first kappa shape index (κ1) is 12.7. The Hall–Kier alpha value is -1.36. The molecule has 0 aromatic heterocycles. The molecule has 0 aliphatic carbocycles. The highest BCUT2D eigenvalue weighted by atomic mass is 79.9. The fourth-order valence-electron chi connectivity index (χ4n) is 1.27. The Kier molecular flexibility index (Phi) is 4.49. The van der Waals surface area contributed by atoms with Gasteiger partial charge < -0.3 is 4.90 Å². The molecule has 16 heavy (non-hydrogen) atoms. The molecule has 5 heteroatoms. The number of benzene rings is 1. The first-order valence-corrected chi connectivity index (χ1v) is 5.56. The van der Waals surface area contributed by atoms with Gasteiger partial charge in [-0.15, -0.1) is 0 Å². The molecule has 0 heterocycles. The van der Waals surface area contributed by atoms with Gasteiger partial charge >= 0.3 is 0 Å². The minimum absolute atomic E-state index is 0.151. The molecule has 0 aliphatic heterocycles. The predicted molar refractivity (Wildman–Crippen MR) is 67.3 cm³/mol. The molecule has 86 valence electrons. The van der Waals surface area contributed by atoms with Crippen molar-refractivity contribution >= 4 is 21.6 Å². The highest BCUT2D eigenvalue weighted by molar-refractivity contribution is 9.10. The third kappa shape index (κ3) is 3.66. The Morgan fingerprint density at radius 2 is 2.19 bits per heavy atom. The van der Waals surface area contributed by atoms with Gasteiger partial charge in [0.2, 0.25) is 0 Å². The fraction of sp³-hybridized carbons (Fsp3) is 0.273. The molecule has 1 rings (SSSR count). The lowest BCUT2D eigenvalue weighted by molar-refractivity contribution is -0.385. The van der Waals surface area contributed by atoms with Gasteiger partial charge in [-0.25, -0.2) is 0 Å². The van der Waals surface area contributed by atoms with Crippen LogP contribution in [0.5, 0.6) is 0 Å². The number of halogens is 1. The lowest BCUT2D eigenvalue weighted by Gasteiger charge is -2.04. The molecular formula is C11H13BrN2O2. The summed E-state index contributed by atoms with van der Waals surface area (Å²) in [5.41, 5.74) is 0.865. The maximum Gasteiger partial charge on any atom is 0.274 e. The lowest BCUT2D eigenvalue weighted by atomic mass is 10.1. The summed E-state index contributed by atoms with van der Waals surface area (Å²) in [6, 6.07) is 5.10. The first-order valence-electron chi connectivity index (χ1n) is 4.76. The summed E-state index contributed by atoms with van der Waals surface area (Å²) in [5.74, 6) is 0. The van der Waals surface area contributed by atoms with E-state index in [1.807, 2.05) is 37.3 Å². The van der Waals surface area contributed by atoms with Gasteiger partial charge in [0.1, 0.15) is 0 Å². The van der Waals surface area contributed by atoms with Crippen LogP contribution in [-0.2, 0) is 6.42 Å². The van der Waals surface area contributed by atoms with Gasteiger partial charge in [0.15, 0.2) is 0 Å². The van der Waals surface area contributed by atoms with Crippen LogP contribution in [0.15, 0.2) is 34.9 Å². The van der Waals surface area contributed by atoms with Gasteiger partial charge in [0.05, 0.1) is 4.92 Å². The van der Waals surface area contributed by atoms with E-state index in [4.69, 9.17) is 0 Å². The maximum absolute atomic E-state index is 10.8. The molecule has 0 saturated heterocycles. The van der Waals surface area contributed by atoms with E-state index in [-0.39, 0.29) is 10.6 Å². The zero-order valence-corrected chi connectivity index (χ0v) is 10.8. The number of hydrogen-bond donors (Lipinski definition) is 0. The van der Waals surface area contributed by atoms with E-state index in [0.717, 1.165) is 4.47 Å². The normalized spacial score (nSPS) is 10.7. The smallest absolute Gasteiger partial charge is 0.274 e. The Morgan fingerprint density at radius 1 is 1.50 bits per heavy atom. The van der Waals surface area contributed by atoms with Crippen LogP contribution in [0.2, 0.25) is 0 Å². The third-order valence-corrected chi connectivity index (χ3v) is 2.48. The summed E-state index contributed by atoms with van der Waals surface area (Å²) < 4.78 is 0.722. The van der Waals surface area contributed by atoms with Crippen LogP contribution in [-0.4, -0.2) is 23.9 Å². The van der Waals surface area contributed by atoms with Gasteiger partial charge in [-0.1, -0.05) is 28.1 Å². The minimum Gasteiger partial charge on any atom is -0.384 e. The summed E-state index contributed by atoms with van der Waals surface area (Å²) in [7, 11) is 3.82. The molecule has 0 aliphatic rings. The van der Waals surface area contributed by atoms with Crippen molar-refractivity contribution in [2.24, 2.45) is 0 Å². The van der Waals surface area contributed by atoms with Crippen LogP contribution in [0.3, 0.4) is 0 Å².